The number of hydrogen-bond acceptors (Lipinski definition) is 4. The molecular weight excluding hydrogens is 248 g/mol. The second kappa shape index (κ2) is 5.27. The van der Waals surface area contributed by atoms with E-state index in [1.165, 1.54) is 0 Å². The fourth-order valence-corrected chi connectivity index (χ4v) is 2.19. The molecule has 0 aliphatic rings. The van der Waals surface area contributed by atoms with Gasteiger partial charge in [-0.2, -0.15) is 0 Å². The van der Waals surface area contributed by atoms with E-state index in [4.69, 9.17) is 0 Å². The Morgan fingerprint density at radius 2 is 2.00 bits per heavy atom. The van der Waals surface area contributed by atoms with E-state index in [9.17, 15) is 8.42 Å². The number of nitrogens with zero attached hydrogens (tertiary/aromatic N) is 2. The number of aromatic nitrogens is 2. The first-order valence-electron chi connectivity index (χ1n) is 5.46. The first-order valence-corrected chi connectivity index (χ1v) is 7.28. The van der Waals surface area contributed by atoms with Gasteiger partial charge in [-0.25, -0.2) is 8.42 Å². The van der Waals surface area contributed by atoms with Gasteiger partial charge in [-0.05, 0) is 30.2 Å². The minimum Gasteiger partial charge on any atom is -0.264 e. The van der Waals surface area contributed by atoms with E-state index in [1.54, 1.807) is 18.6 Å². The molecule has 2 aromatic rings. The highest BCUT2D eigenvalue weighted by Crippen LogP contribution is 2.21. The Labute approximate surface area is 107 Å². The van der Waals surface area contributed by atoms with Crippen LogP contribution >= 0.6 is 0 Å². The number of sulfone groups is 1. The van der Waals surface area contributed by atoms with Gasteiger partial charge in [0.1, 0.15) is 0 Å². The number of pyridine rings is 2. The Morgan fingerprint density at radius 1 is 1.17 bits per heavy atom. The van der Waals surface area contributed by atoms with Gasteiger partial charge in [0.05, 0.1) is 17.7 Å². The molecule has 0 spiro atoms. The fourth-order valence-electron chi connectivity index (χ4n) is 1.66. The first kappa shape index (κ1) is 12.7. The van der Waals surface area contributed by atoms with Crippen LogP contribution in [-0.4, -0.2) is 24.1 Å². The van der Waals surface area contributed by atoms with Crippen molar-refractivity contribution < 1.29 is 8.42 Å². The summed E-state index contributed by atoms with van der Waals surface area (Å²) in [6.07, 6.45) is 8.57. The largest absolute Gasteiger partial charge is 0.264 e. The van der Waals surface area contributed by atoms with Crippen molar-refractivity contribution in [1.29, 1.82) is 0 Å². The Kier molecular flexibility index (Phi) is 3.72. The lowest BCUT2D eigenvalue weighted by molar-refractivity contribution is 0.603. The lowest BCUT2D eigenvalue weighted by atomic mass is 10.1. The molecule has 0 aromatic carbocycles. The maximum atomic E-state index is 11.1. The summed E-state index contributed by atoms with van der Waals surface area (Å²) in [6.45, 7) is 0. The van der Waals surface area contributed by atoms with Crippen LogP contribution < -0.4 is 0 Å². The molecule has 2 heterocycles. The molecule has 0 saturated carbocycles. The molecule has 0 bridgehead atoms. The highest BCUT2D eigenvalue weighted by atomic mass is 32.2. The van der Waals surface area contributed by atoms with E-state index in [1.807, 2.05) is 24.3 Å². The molecule has 93 valence electrons. The quantitative estimate of drug-likeness (QED) is 0.843. The second-order valence-corrected chi connectivity index (χ2v) is 5.84. The zero-order valence-electron chi connectivity index (χ0n) is 9.78. The first-order chi connectivity index (χ1) is 8.56. The van der Waals surface area contributed by atoms with E-state index in [0.717, 1.165) is 16.8 Å². The SMILES string of the molecule is [CH2]S(=O)(=O)CCc1cnccc1-c1ccccn1. The highest BCUT2D eigenvalue weighted by molar-refractivity contribution is 7.92. The second-order valence-electron chi connectivity index (χ2n) is 3.95. The van der Waals surface area contributed by atoms with Crippen LogP contribution in [0, 0.1) is 6.26 Å². The summed E-state index contributed by atoms with van der Waals surface area (Å²) in [5.74, 6) is 0.0124. The van der Waals surface area contributed by atoms with Gasteiger partial charge < -0.3 is 0 Å². The Hall–Kier alpha value is -1.75. The minimum absolute atomic E-state index is 0.0124. The third kappa shape index (κ3) is 3.37. The number of aryl methyl sites for hydroxylation is 1. The van der Waals surface area contributed by atoms with E-state index in [2.05, 4.69) is 16.2 Å². The van der Waals surface area contributed by atoms with Crippen LogP contribution in [0.2, 0.25) is 0 Å². The summed E-state index contributed by atoms with van der Waals surface area (Å²) >= 11 is 0. The van der Waals surface area contributed by atoms with Gasteiger partial charge in [-0.15, -0.1) is 0 Å². The van der Waals surface area contributed by atoms with Crippen LogP contribution in [0.1, 0.15) is 5.56 Å². The fraction of sp³-hybridized carbons (Fsp3) is 0.154. The molecule has 0 amide bonds. The molecule has 4 nitrogen and oxygen atoms in total. The normalized spacial score (nSPS) is 11.4. The molecule has 0 atom stereocenters. The van der Waals surface area contributed by atoms with E-state index >= 15 is 0 Å². The molecule has 0 unspecified atom stereocenters. The minimum atomic E-state index is -3.22. The van der Waals surface area contributed by atoms with Crippen LogP contribution in [0.25, 0.3) is 11.3 Å². The van der Waals surface area contributed by atoms with Crippen molar-refractivity contribution >= 4 is 9.84 Å². The Balaban J connectivity index is 2.32. The summed E-state index contributed by atoms with van der Waals surface area (Å²) in [7, 11) is -3.22. The van der Waals surface area contributed by atoms with E-state index in [-0.39, 0.29) is 5.75 Å². The maximum Gasteiger partial charge on any atom is 0.151 e. The van der Waals surface area contributed by atoms with Crippen LogP contribution in [0.15, 0.2) is 42.9 Å². The number of rotatable bonds is 4. The molecule has 0 aliphatic heterocycles. The van der Waals surface area contributed by atoms with Gasteiger partial charge in [0.15, 0.2) is 9.84 Å². The monoisotopic (exact) mass is 261 g/mol. The van der Waals surface area contributed by atoms with Crippen LogP contribution in [0.3, 0.4) is 0 Å². The van der Waals surface area contributed by atoms with Crippen molar-refractivity contribution in [2.75, 3.05) is 5.75 Å². The smallest absolute Gasteiger partial charge is 0.151 e. The standard InChI is InChI=1S/C13H13N2O2S/c1-18(16,17)9-6-11-10-14-8-5-12(11)13-4-2-3-7-15-13/h2-5,7-8,10H,1,6,9H2. The molecule has 1 radical (unpaired) electrons. The molecule has 0 N–H and O–H groups in total. The van der Waals surface area contributed by atoms with Gasteiger partial charge in [-0.1, -0.05) is 6.07 Å². The van der Waals surface area contributed by atoms with Crippen molar-refractivity contribution in [3.05, 3.63) is 54.7 Å². The van der Waals surface area contributed by atoms with Crippen molar-refractivity contribution in [3.63, 3.8) is 0 Å². The third-order valence-electron chi connectivity index (χ3n) is 2.53. The van der Waals surface area contributed by atoms with Crippen molar-refractivity contribution in [2.45, 2.75) is 6.42 Å². The van der Waals surface area contributed by atoms with Crippen LogP contribution in [0.5, 0.6) is 0 Å². The molecule has 0 aliphatic carbocycles. The summed E-state index contributed by atoms with van der Waals surface area (Å²) in [5, 5.41) is 0. The predicted octanol–water partition coefficient (Wildman–Crippen LogP) is 1.89. The predicted molar refractivity (Wildman–Crippen MR) is 70.3 cm³/mol. The zero-order valence-corrected chi connectivity index (χ0v) is 10.6. The van der Waals surface area contributed by atoms with E-state index < -0.39 is 9.84 Å². The molecule has 0 saturated heterocycles. The summed E-state index contributed by atoms with van der Waals surface area (Å²) < 4.78 is 22.2. The van der Waals surface area contributed by atoms with Crippen LogP contribution in [-0.2, 0) is 16.3 Å². The summed E-state index contributed by atoms with van der Waals surface area (Å²) in [5.41, 5.74) is 2.59. The van der Waals surface area contributed by atoms with Crippen molar-refractivity contribution in [3.8, 4) is 11.3 Å². The zero-order chi connectivity index (χ0) is 13.0. The summed E-state index contributed by atoms with van der Waals surface area (Å²) in [6, 6.07) is 7.46. The lowest BCUT2D eigenvalue weighted by Crippen LogP contribution is -2.05. The summed E-state index contributed by atoms with van der Waals surface area (Å²) in [4.78, 5) is 8.29. The van der Waals surface area contributed by atoms with Crippen molar-refractivity contribution in [2.24, 2.45) is 0 Å². The van der Waals surface area contributed by atoms with Gasteiger partial charge in [-0.3, -0.25) is 9.97 Å². The molecule has 2 rings (SSSR count). The molecule has 18 heavy (non-hydrogen) atoms. The average molecular weight is 261 g/mol. The lowest BCUT2D eigenvalue weighted by Gasteiger charge is -2.07. The number of hydrogen-bond donors (Lipinski definition) is 0. The van der Waals surface area contributed by atoms with Gasteiger partial charge >= 0.3 is 0 Å². The van der Waals surface area contributed by atoms with Gasteiger partial charge in [0.25, 0.3) is 0 Å². The average Bonchev–Trinajstić information content (AvgIpc) is 2.37. The van der Waals surface area contributed by atoms with Crippen molar-refractivity contribution in [1.82, 2.24) is 9.97 Å². The maximum absolute atomic E-state index is 11.1. The molecule has 5 heteroatoms. The van der Waals surface area contributed by atoms with Gasteiger partial charge in [0.2, 0.25) is 0 Å². The Morgan fingerprint density at radius 3 is 2.67 bits per heavy atom. The third-order valence-corrected chi connectivity index (χ3v) is 3.35. The molecule has 0 fully saturated rings. The molecule has 2 aromatic heterocycles. The highest BCUT2D eigenvalue weighted by Gasteiger charge is 2.09. The Bertz CT molecular complexity index is 624. The molecular formula is C13H13N2O2S. The van der Waals surface area contributed by atoms with Crippen LogP contribution in [0.4, 0.5) is 0 Å². The topological polar surface area (TPSA) is 59.9 Å². The van der Waals surface area contributed by atoms with Gasteiger partial charge in [0, 0.05) is 24.2 Å². The van der Waals surface area contributed by atoms with E-state index in [0.29, 0.717) is 6.42 Å².